The van der Waals surface area contributed by atoms with E-state index in [2.05, 4.69) is 16.4 Å². The number of aryl methyl sites for hydroxylation is 1. The van der Waals surface area contributed by atoms with Gasteiger partial charge in [-0.15, -0.1) is 0 Å². The fraction of sp³-hybridized carbons (Fsp3) is 0.176. The minimum Gasteiger partial charge on any atom is -0.443 e. The largest absolute Gasteiger partial charge is 0.443 e. The summed E-state index contributed by atoms with van der Waals surface area (Å²) in [6, 6.07) is 13.7. The highest BCUT2D eigenvalue weighted by molar-refractivity contribution is 5.80. The number of rotatable bonds is 4. The van der Waals surface area contributed by atoms with Gasteiger partial charge in [-0.05, 0) is 30.2 Å². The van der Waals surface area contributed by atoms with Gasteiger partial charge in [-0.1, -0.05) is 35.9 Å². The molecule has 4 heteroatoms. The molecule has 0 fully saturated rings. The predicted molar refractivity (Wildman–Crippen MR) is 80.7 cm³/mol. The molecule has 1 aromatic heterocycles. The van der Waals surface area contributed by atoms with E-state index in [1.807, 2.05) is 43.3 Å². The van der Waals surface area contributed by atoms with Gasteiger partial charge in [-0.3, -0.25) is 4.79 Å². The summed E-state index contributed by atoms with van der Waals surface area (Å²) in [4.78, 5) is 16.0. The first kappa shape index (κ1) is 13.4. The first-order valence-corrected chi connectivity index (χ1v) is 6.85. The van der Waals surface area contributed by atoms with Crippen molar-refractivity contribution in [3.8, 4) is 0 Å². The molecule has 3 rings (SSSR count). The lowest BCUT2D eigenvalue weighted by molar-refractivity contribution is -0.120. The molecule has 0 unspecified atom stereocenters. The molecule has 0 aliphatic carbocycles. The summed E-state index contributed by atoms with van der Waals surface area (Å²) in [5.74, 6) is -0.00429. The maximum Gasteiger partial charge on any atom is 0.224 e. The van der Waals surface area contributed by atoms with E-state index in [1.165, 1.54) is 12.0 Å². The van der Waals surface area contributed by atoms with Gasteiger partial charge in [0.2, 0.25) is 5.91 Å². The number of oxazole rings is 1. The number of hydrogen-bond donors (Lipinski definition) is 1. The van der Waals surface area contributed by atoms with Crippen molar-refractivity contribution in [3.05, 3.63) is 65.5 Å². The minimum absolute atomic E-state index is 0.00429. The van der Waals surface area contributed by atoms with Gasteiger partial charge in [0.25, 0.3) is 0 Å². The Morgan fingerprint density at radius 1 is 1.19 bits per heavy atom. The molecule has 1 heterocycles. The number of carbonyl (C=O) groups is 1. The third-order valence-corrected chi connectivity index (χ3v) is 3.33. The van der Waals surface area contributed by atoms with E-state index in [1.54, 1.807) is 0 Å². The zero-order chi connectivity index (χ0) is 14.7. The van der Waals surface area contributed by atoms with Gasteiger partial charge in [0.05, 0.1) is 6.42 Å². The minimum atomic E-state index is -0.00429. The molecule has 0 aliphatic rings. The van der Waals surface area contributed by atoms with Crippen molar-refractivity contribution in [2.24, 2.45) is 0 Å². The monoisotopic (exact) mass is 280 g/mol. The molecule has 2 aromatic carbocycles. The summed E-state index contributed by atoms with van der Waals surface area (Å²) in [6.07, 6.45) is 1.74. The number of nitrogens with one attached hydrogen (secondary N) is 1. The van der Waals surface area contributed by atoms with Crippen LogP contribution in [0.25, 0.3) is 11.1 Å². The topological polar surface area (TPSA) is 55.1 Å². The molecule has 0 saturated carbocycles. The second-order valence-electron chi connectivity index (χ2n) is 5.10. The van der Waals surface area contributed by atoms with Crippen molar-refractivity contribution in [1.29, 1.82) is 0 Å². The summed E-state index contributed by atoms with van der Waals surface area (Å²) in [5.41, 5.74) is 4.73. The van der Waals surface area contributed by atoms with E-state index in [0.717, 1.165) is 16.6 Å². The van der Waals surface area contributed by atoms with Crippen LogP contribution in [-0.4, -0.2) is 10.9 Å². The molecular formula is C17H16N2O2. The van der Waals surface area contributed by atoms with Crippen molar-refractivity contribution < 1.29 is 9.21 Å². The molecule has 106 valence electrons. The summed E-state index contributed by atoms with van der Waals surface area (Å²) in [7, 11) is 0. The van der Waals surface area contributed by atoms with Crippen LogP contribution in [0.15, 0.2) is 53.3 Å². The van der Waals surface area contributed by atoms with Crippen LogP contribution in [0.3, 0.4) is 0 Å². The number of benzene rings is 2. The fourth-order valence-corrected chi connectivity index (χ4v) is 2.28. The Labute approximate surface area is 122 Å². The van der Waals surface area contributed by atoms with Crippen LogP contribution in [0.4, 0.5) is 0 Å². The zero-order valence-corrected chi connectivity index (χ0v) is 11.8. The lowest BCUT2D eigenvalue weighted by atomic mass is 10.1. The molecule has 0 aliphatic heterocycles. The number of nitrogens with zero attached hydrogens (tertiary/aromatic N) is 1. The lowest BCUT2D eigenvalue weighted by Gasteiger charge is -2.06. The second kappa shape index (κ2) is 5.79. The van der Waals surface area contributed by atoms with Gasteiger partial charge >= 0.3 is 0 Å². The van der Waals surface area contributed by atoms with E-state index in [-0.39, 0.29) is 5.91 Å². The van der Waals surface area contributed by atoms with Gasteiger partial charge < -0.3 is 9.73 Å². The smallest absolute Gasteiger partial charge is 0.224 e. The molecular weight excluding hydrogens is 264 g/mol. The van der Waals surface area contributed by atoms with Gasteiger partial charge in [-0.25, -0.2) is 4.98 Å². The van der Waals surface area contributed by atoms with Gasteiger partial charge in [0, 0.05) is 6.54 Å². The molecule has 3 aromatic rings. The van der Waals surface area contributed by atoms with Gasteiger partial charge in [-0.2, -0.15) is 0 Å². The Morgan fingerprint density at radius 3 is 2.95 bits per heavy atom. The average Bonchev–Trinajstić information content (AvgIpc) is 2.93. The number of amides is 1. The summed E-state index contributed by atoms with van der Waals surface area (Å²) < 4.78 is 5.24. The molecule has 4 nitrogen and oxygen atoms in total. The third kappa shape index (κ3) is 3.28. The third-order valence-electron chi connectivity index (χ3n) is 3.33. The molecule has 0 atom stereocenters. The summed E-state index contributed by atoms with van der Waals surface area (Å²) in [5, 5.41) is 2.93. The first-order chi connectivity index (χ1) is 10.2. The Bertz CT molecular complexity index is 777. The number of hydrogen-bond acceptors (Lipinski definition) is 3. The molecule has 1 N–H and O–H groups in total. The molecule has 0 radical (unpaired) electrons. The number of fused-ring (bicyclic) bond motifs is 1. The van der Waals surface area contributed by atoms with Gasteiger partial charge in [0.1, 0.15) is 5.52 Å². The summed E-state index contributed by atoms with van der Waals surface area (Å²) >= 11 is 0. The Morgan fingerprint density at radius 2 is 2.10 bits per heavy atom. The zero-order valence-electron chi connectivity index (χ0n) is 11.8. The van der Waals surface area contributed by atoms with E-state index in [4.69, 9.17) is 4.42 Å². The van der Waals surface area contributed by atoms with Crippen molar-refractivity contribution >= 4 is 17.0 Å². The number of carbonyl (C=O) groups excluding carboxylic acids is 1. The van der Waals surface area contributed by atoms with Crippen LogP contribution < -0.4 is 5.32 Å². The maximum atomic E-state index is 12.0. The van der Waals surface area contributed by atoms with E-state index < -0.39 is 0 Å². The lowest BCUT2D eigenvalue weighted by Crippen LogP contribution is -2.24. The van der Waals surface area contributed by atoms with Crippen molar-refractivity contribution in [2.75, 3.05) is 0 Å². The van der Waals surface area contributed by atoms with Crippen molar-refractivity contribution in [2.45, 2.75) is 19.9 Å². The van der Waals surface area contributed by atoms with Crippen LogP contribution in [0.1, 0.15) is 16.7 Å². The van der Waals surface area contributed by atoms with E-state index in [9.17, 15) is 4.79 Å². The molecule has 1 amide bonds. The van der Waals surface area contributed by atoms with E-state index in [0.29, 0.717) is 18.5 Å². The van der Waals surface area contributed by atoms with Crippen LogP contribution in [0.2, 0.25) is 0 Å². The highest BCUT2D eigenvalue weighted by Gasteiger charge is 2.06. The Kier molecular flexibility index (Phi) is 3.69. The van der Waals surface area contributed by atoms with E-state index >= 15 is 0 Å². The second-order valence-corrected chi connectivity index (χ2v) is 5.10. The quantitative estimate of drug-likeness (QED) is 0.799. The summed E-state index contributed by atoms with van der Waals surface area (Å²) in [6.45, 7) is 2.59. The highest BCUT2D eigenvalue weighted by Crippen LogP contribution is 2.14. The van der Waals surface area contributed by atoms with Crippen LogP contribution in [0.5, 0.6) is 0 Å². The molecule has 21 heavy (non-hydrogen) atoms. The van der Waals surface area contributed by atoms with Crippen molar-refractivity contribution in [1.82, 2.24) is 10.3 Å². The average molecular weight is 280 g/mol. The SMILES string of the molecule is Cc1cccc(CNC(=O)Cc2ccc3ncoc3c2)c1. The normalized spacial score (nSPS) is 10.7. The highest BCUT2D eigenvalue weighted by atomic mass is 16.3. The van der Waals surface area contributed by atoms with Crippen LogP contribution >= 0.6 is 0 Å². The first-order valence-electron chi connectivity index (χ1n) is 6.85. The molecule has 0 spiro atoms. The molecule has 0 bridgehead atoms. The predicted octanol–water partition coefficient (Wildman–Crippen LogP) is 3.00. The fourth-order valence-electron chi connectivity index (χ4n) is 2.28. The van der Waals surface area contributed by atoms with Crippen LogP contribution in [-0.2, 0) is 17.8 Å². The maximum absolute atomic E-state index is 12.0. The Hall–Kier alpha value is -2.62. The Balaban J connectivity index is 1.60. The van der Waals surface area contributed by atoms with Crippen molar-refractivity contribution in [3.63, 3.8) is 0 Å². The van der Waals surface area contributed by atoms with Gasteiger partial charge in [0.15, 0.2) is 12.0 Å². The molecule has 0 saturated heterocycles. The van der Waals surface area contributed by atoms with Crippen LogP contribution in [0, 0.1) is 6.92 Å². The standard InChI is InChI=1S/C17H16N2O2/c1-12-3-2-4-14(7-12)10-18-17(20)9-13-5-6-15-16(8-13)21-11-19-15/h2-8,11H,9-10H2,1H3,(H,18,20). The number of aromatic nitrogens is 1.